The van der Waals surface area contributed by atoms with Gasteiger partial charge < -0.3 is 9.64 Å². The van der Waals surface area contributed by atoms with E-state index in [1.165, 1.54) is 28.4 Å². The standard InChI is InChI=1S/C21H25N3O4S2/c1-23(2)13-8-14-24(19(25)15-30(26,27)16-9-5-4-6-10-16)21-22-20-17(28-3)11-7-12-18(20)29-21/h4-7,9-12H,8,13-15H2,1-3H3. The van der Waals surface area contributed by atoms with Crippen molar-refractivity contribution in [3.05, 3.63) is 48.5 Å². The Morgan fingerprint density at radius 2 is 1.80 bits per heavy atom. The third-order valence-corrected chi connectivity index (χ3v) is 7.19. The Hall–Kier alpha value is -2.49. The van der Waals surface area contributed by atoms with Crippen LogP contribution in [0, 0.1) is 0 Å². The van der Waals surface area contributed by atoms with Crippen molar-refractivity contribution in [3.63, 3.8) is 0 Å². The van der Waals surface area contributed by atoms with E-state index in [1.807, 2.05) is 37.2 Å². The molecule has 0 aliphatic rings. The van der Waals surface area contributed by atoms with E-state index < -0.39 is 21.5 Å². The number of hydrogen-bond acceptors (Lipinski definition) is 7. The Labute approximate surface area is 180 Å². The Balaban J connectivity index is 1.91. The van der Waals surface area contributed by atoms with Gasteiger partial charge in [-0.25, -0.2) is 13.4 Å². The molecule has 0 aliphatic heterocycles. The van der Waals surface area contributed by atoms with Crippen LogP contribution in [0.25, 0.3) is 10.2 Å². The van der Waals surface area contributed by atoms with Crippen LogP contribution in [0.5, 0.6) is 5.75 Å². The highest BCUT2D eigenvalue weighted by molar-refractivity contribution is 7.92. The second-order valence-corrected chi connectivity index (χ2v) is 10.1. The van der Waals surface area contributed by atoms with Crippen molar-refractivity contribution in [2.45, 2.75) is 11.3 Å². The van der Waals surface area contributed by atoms with Crippen LogP contribution in [0.1, 0.15) is 6.42 Å². The normalized spacial score (nSPS) is 11.7. The smallest absolute Gasteiger partial charge is 0.244 e. The first-order valence-electron chi connectivity index (χ1n) is 9.48. The van der Waals surface area contributed by atoms with Gasteiger partial charge in [-0.1, -0.05) is 35.6 Å². The predicted molar refractivity (Wildman–Crippen MR) is 120 cm³/mol. The lowest BCUT2D eigenvalue weighted by Crippen LogP contribution is -2.37. The molecule has 3 rings (SSSR count). The molecule has 0 spiro atoms. The van der Waals surface area contributed by atoms with Crippen molar-refractivity contribution in [1.82, 2.24) is 9.88 Å². The second-order valence-electron chi connectivity index (χ2n) is 7.08. The van der Waals surface area contributed by atoms with Crippen molar-refractivity contribution < 1.29 is 17.9 Å². The Bertz CT molecular complexity index is 1110. The van der Waals surface area contributed by atoms with Crippen molar-refractivity contribution in [1.29, 1.82) is 0 Å². The van der Waals surface area contributed by atoms with Gasteiger partial charge in [0, 0.05) is 6.54 Å². The average Bonchev–Trinajstić information content (AvgIpc) is 3.15. The number of hydrogen-bond donors (Lipinski definition) is 0. The number of anilines is 1. The molecule has 1 heterocycles. The zero-order chi connectivity index (χ0) is 21.7. The fourth-order valence-corrected chi connectivity index (χ4v) is 5.26. The first-order chi connectivity index (χ1) is 14.3. The minimum atomic E-state index is -3.75. The number of ether oxygens (including phenoxy) is 1. The van der Waals surface area contributed by atoms with Crippen molar-refractivity contribution >= 4 is 42.4 Å². The summed E-state index contributed by atoms with van der Waals surface area (Å²) in [5, 5.41) is 0.474. The largest absolute Gasteiger partial charge is 0.494 e. The third kappa shape index (κ3) is 5.16. The Morgan fingerprint density at radius 1 is 1.07 bits per heavy atom. The molecule has 0 saturated carbocycles. The quantitative estimate of drug-likeness (QED) is 0.502. The molecule has 7 nitrogen and oxygen atoms in total. The number of benzene rings is 2. The van der Waals surface area contributed by atoms with Crippen molar-refractivity contribution in [2.75, 3.05) is 44.9 Å². The summed E-state index contributed by atoms with van der Waals surface area (Å²) >= 11 is 1.35. The molecule has 0 N–H and O–H groups in total. The van der Waals surface area contributed by atoms with Gasteiger partial charge >= 0.3 is 0 Å². The number of carbonyl (C=O) groups is 1. The van der Waals surface area contributed by atoms with Gasteiger partial charge in [-0.2, -0.15) is 0 Å². The third-order valence-electron chi connectivity index (χ3n) is 4.53. The number of sulfone groups is 1. The van der Waals surface area contributed by atoms with Gasteiger partial charge in [0.15, 0.2) is 15.0 Å². The summed E-state index contributed by atoms with van der Waals surface area (Å²) in [6, 6.07) is 13.6. The molecule has 0 bridgehead atoms. The molecular formula is C21H25N3O4S2. The zero-order valence-corrected chi connectivity index (χ0v) is 18.9. The number of thiazole rings is 1. The SMILES string of the molecule is COc1cccc2sc(N(CCCN(C)C)C(=O)CS(=O)(=O)c3ccccc3)nc12. The number of amides is 1. The Kier molecular flexibility index (Phi) is 7.06. The maximum Gasteiger partial charge on any atom is 0.244 e. The summed E-state index contributed by atoms with van der Waals surface area (Å²) in [6.07, 6.45) is 0.692. The highest BCUT2D eigenvalue weighted by Crippen LogP contribution is 2.34. The summed E-state index contributed by atoms with van der Waals surface area (Å²) in [5.41, 5.74) is 0.663. The predicted octanol–water partition coefficient (Wildman–Crippen LogP) is 3.06. The molecule has 0 aliphatic carbocycles. The average molecular weight is 448 g/mol. The number of para-hydroxylation sites is 1. The summed E-state index contributed by atoms with van der Waals surface area (Å²) in [5.74, 6) is -0.477. The number of nitrogens with zero attached hydrogens (tertiary/aromatic N) is 3. The van der Waals surface area contributed by atoms with E-state index in [9.17, 15) is 13.2 Å². The zero-order valence-electron chi connectivity index (χ0n) is 17.2. The van der Waals surface area contributed by atoms with E-state index in [0.29, 0.717) is 29.4 Å². The molecule has 30 heavy (non-hydrogen) atoms. The van der Waals surface area contributed by atoms with E-state index >= 15 is 0 Å². The topological polar surface area (TPSA) is 79.8 Å². The van der Waals surface area contributed by atoms with Crippen molar-refractivity contribution in [3.8, 4) is 5.75 Å². The maximum absolute atomic E-state index is 13.1. The van der Waals surface area contributed by atoms with Crippen LogP contribution in [0.3, 0.4) is 0 Å². The molecule has 3 aromatic rings. The summed E-state index contributed by atoms with van der Waals surface area (Å²) in [6.45, 7) is 1.15. The second kappa shape index (κ2) is 9.55. The van der Waals surface area contributed by atoms with Gasteiger partial charge in [-0.3, -0.25) is 9.69 Å². The molecule has 160 valence electrons. The maximum atomic E-state index is 13.1. The van der Waals surface area contributed by atoms with E-state index in [2.05, 4.69) is 4.98 Å². The van der Waals surface area contributed by atoms with Gasteiger partial charge in [-0.15, -0.1) is 0 Å². The van der Waals surface area contributed by atoms with E-state index in [-0.39, 0.29) is 4.90 Å². The van der Waals surface area contributed by atoms with Gasteiger partial charge in [0.25, 0.3) is 0 Å². The molecule has 0 unspecified atom stereocenters. The number of rotatable bonds is 9. The number of methoxy groups -OCH3 is 1. The number of fused-ring (bicyclic) bond motifs is 1. The molecule has 9 heteroatoms. The lowest BCUT2D eigenvalue weighted by atomic mass is 10.3. The molecule has 2 aromatic carbocycles. The molecule has 1 amide bonds. The Morgan fingerprint density at radius 3 is 2.47 bits per heavy atom. The molecule has 0 radical (unpaired) electrons. The van der Waals surface area contributed by atoms with E-state index in [1.54, 1.807) is 25.3 Å². The summed E-state index contributed by atoms with van der Waals surface area (Å²) < 4.78 is 31.7. The van der Waals surface area contributed by atoms with Crippen LogP contribution in [-0.2, 0) is 14.6 Å². The minimum absolute atomic E-state index is 0.137. The monoisotopic (exact) mass is 447 g/mol. The molecule has 0 atom stereocenters. The summed E-state index contributed by atoms with van der Waals surface area (Å²) in [7, 11) is 1.73. The highest BCUT2D eigenvalue weighted by atomic mass is 32.2. The van der Waals surface area contributed by atoms with Crippen LogP contribution >= 0.6 is 11.3 Å². The fourth-order valence-electron chi connectivity index (χ4n) is 3.02. The molecule has 0 saturated heterocycles. The lowest BCUT2D eigenvalue weighted by molar-refractivity contribution is -0.116. The molecule has 0 fully saturated rings. The van der Waals surface area contributed by atoms with Crippen LogP contribution in [0.4, 0.5) is 5.13 Å². The van der Waals surface area contributed by atoms with Gasteiger partial charge in [0.1, 0.15) is 17.0 Å². The number of aromatic nitrogens is 1. The van der Waals surface area contributed by atoms with Crippen LogP contribution in [-0.4, -0.2) is 64.3 Å². The van der Waals surface area contributed by atoms with Gasteiger partial charge in [0.05, 0.1) is 16.7 Å². The lowest BCUT2D eigenvalue weighted by Gasteiger charge is -2.21. The minimum Gasteiger partial charge on any atom is -0.494 e. The number of carbonyl (C=O) groups excluding carboxylic acids is 1. The summed E-state index contributed by atoms with van der Waals surface area (Å²) in [4.78, 5) is 21.3. The highest BCUT2D eigenvalue weighted by Gasteiger charge is 2.26. The van der Waals surface area contributed by atoms with E-state index in [4.69, 9.17) is 4.74 Å². The van der Waals surface area contributed by atoms with Gasteiger partial charge in [0.2, 0.25) is 5.91 Å². The van der Waals surface area contributed by atoms with Crippen LogP contribution in [0.15, 0.2) is 53.4 Å². The van der Waals surface area contributed by atoms with Gasteiger partial charge in [-0.05, 0) is 51.3 Å². The van der Waals surface area contributed by atoms with Crippen LogP contribution in [0.2, 0.25) is 0 Å². The molecule has 1 aromatic heterocycles. The fraction of sp³-hybridized carbons (Fsp3) is 0.333. The first kappa shape index (κ1) is 22.2. The van der Waals surface area contributed by atoms with Crippen molar-refractivity contribution in [2.24, 2.45) is 0 Å². The first-order valence-corrected chi connectivity index (χ1v) is 11.9. The van der Waals surface area contributed by atoms with E-state index in [0.717, 1.165) is 11.2 Å². The van der Waals surface area contributed by atoms with Crippen LogP contribution < -0.4 is 9.64 Å². The molecular weight excluding hydrogens is 422 g/mol.